The number of nitrogens with one attached hydrogen (secondary N) is 2. The normalized spacial score (nSPS) is 16.6. The van der Waals surface area contributed by atoms with Crippen molar-refractivity contribution in [2.45, 2.75) is 32.1 Å². The topological polar surface area (TPSA) is 46.2 Å². The predicted octanol–water partition coefficient (Wildman–Crippen LogP) is 6.24. The molecule has 0 spiro atoms. The molecule has 4 rings (SSSR count). The number of halogens is 1. The second-order valence-electron chi connectivity index (χ2n) is 7.67. The maximum absolute atomic E-state index is 6.11. The van der Waals surface area contributed by atoms with Gasteiger partial charge in [0.25, 0.3) is 0 Å². The van der Waals surface area contributed by atoms with Crippen molar-refractivity contribution in [1.29, 1.82) is 0 Å². The highest BCUT2D eigenvalue weighted by Gasteiger charge is 2.13. The van der Waals surface area contributed by atoms with Crippen LogP contribution < -0.4 is 10.6 Å². The molecule has 0 saturated heterocycles. The number of ether oxygens (including phenoxy) is 1. The second-order valence-corrected chi connectivity index (χ2v) is 8.92. The second kappa shape index (κ2) is 10.3. The van der Waals surface area contributed by atoms with E-state index in [0.717, 1.165) is 78.4 Å². The number of allylic oxidation sites excluding steroid dienone is 7. The van der Waals surface area contributed by atoms with Crippen molar-refractivity contribution in [2.75, 3.05) is 32.1 Å². The molecule has 0 amide bonds. The molecule has 0 aliphatic heterocycles. The lowest BCUT2D eigenvalue weighted by Gasteiger charge is -2.20. The first-order valence-electron chi connectivity index (χ1n) is 10.5. The highest BCUT2D eigenvalue weighted by molar-refractivity contribution is 7.13. The molecule has 4 nitrogen and oxygen atoms in total. The molecule has 0 saturated carbocycles. The molecule has 0 bridgehead atoms. The fourth-order valence-corrected chi connectivity index (χ4v) is 4.77. The molecule has 0 unspecified atom stereocenters. The van der Waals surface area contributed by atoms with Crippen LogP contribution in [0.2, 0.25) is 5.02 Å². The molecule has 158 valence electrons. The number of benzene rings is 1. The van der Waals surface area contributed by atoms with E-state index in [-0.39, 0.29) is 0 Å². The van der Waals surface area contributed by atoms with Gasteiger partial charge < -0.3 is 15.4 Å². The maximum atomic E-state index is 6.11. The van der Waals surface area contributed by atoms with Gasteiger partial charge in [0.2, 0.25) is 0 Å². The molecular weight excluding hydrogens is 414 g/mol. The lowest BCUT2D eigenvalue weighted by molar-refractivity contribution is 0.276. The Labute approximate surface area is 187 Å². The zero-order valence-corrected chi connectivity index (χ0v) is 18.9. The fourth-order valence-electron chi connectivity index (χ4n) is 3.86. The van der Waals surface area contributed by atoms with Crippen LogP contribution >= 0.6 is 23.1 Å². The van der Waals surface area contributed by atoms with Crippen molar-refractivity contribution in [3.05, 3.63) is 70.0 Å². The molecule has 2 aromatic rings. The van der Waals surface area contributed by atoms with E-state index in [9.17, 15) is 0 Å². The Kier molecular flexibility index (Phi) is 7.26. The molecule has 2 N–H and O–H groups in total. The summed E-state index contributed by atoms with van der Waals surface area (Å²) < 4.78 is 11.0. The minimum atomic E-state index is 0.751. The fraction of sp³-hybridized carbons (Fsp3) is 0.375. The first-order chi connectivity index (χ1) is 14.7. The lowest BCUT2D eigenvalue weighted by Crippen LogP contribution is -2.21. The van der Waals surface area contributed by atoms with Crippen molar-refractivity contribution < 1.29 is 4.74 Å². The number of aromatic nitrogens is 1. The van der Waals surface area contributed by atoms with Gasteiger partial charge in [-0.1, -0.05) is 35.4 Å². The molecule has 1 aromatic carbocycles. The van der Waals surface area contributed by atoms with Crippen LogP contribution in [0.1, 0.15) is 32.1 Å². The first-order valence-corrected chi connectivity index (χ1v) is 11.7. The molecular formula is C24H28ClN3OS. The van der Waals surface area contributed by atoms with Gasteiger partial charge in [-0.2, -0.15) is 4.37 Å². The Morgan fingerprint density at radius 2 is 1.87 bits per heavy atom. The van der Waals surface area contributed by atoms with Crippen LogP contribution in [0.15, 0.2) is 65.0 Å². The first kappa shape index (κ1) is 21.2. The molecule has 2 aliphatic rings. The smallest absolute Gasteiger partial charge is 0.147 e. The van der Waals surface area contributed by atoms with Gasteiger partial charge in [-0.3, -0.25) is 0 Å². The number of hydrogen-bond donors (Lipinski definition) is 2. The lowest BCUT2D eigenvalue weighted by atomic mass is 9.89. The molecule has 0 fully saturated rings. The van der Waals surface area contributed by atoms with Crippen LogP contribution in [0.3, 0.4) is 0 Å². The van der Waals surface area contributed by atoms with E-state index in [1.807, 2.05) is 18.2 Å². The van der Waals surface area contributed by atoms with Crippen molar-refractivity contribution in [3.8, 4) is 0 Å². The number of fused-ring (bicyclic) bond motifs is 1. The van der Waals surface area contributed by atoms with E-state index in [0.29, 0.717) is 0 Å². The van der Waals surface area contributed by atoms with E-state index in [1.54, 1.807) is 7.11 Å². The van der Waals surface area contributed by atoms with Crippen molar-refractivity contribution in [1.82, 2.24) is 9.69 Å². The van der Waals surface area contributed by atoms with Crippen LogP contribution in [-0.4, -0.2) is 31.1 Å². The molecule has 0 atom stereocenters. The van der Waals surface area contributed by atoms with Gasteiger partial charge in [-0.05, 0) is 79.2 Å². The Bertz CT molecular complexity index is 1020. The third-order valence-electron chi connectivity index (χ3n) is 5.63. The number of nitrogens with zero attached hydrogens (tertiary/aromatic N) is 1. The van der Waals surface area contributed by atoms with E-state index >= 15 is 0 Å². The van der Waals surface area contributed by atoms with Crippen LogP contribution in [0.25, 0.3) is 10.1 Å². The third-order valence-corrected chi connectivity index (χ3v) is 6.69. The van der Waals surface area contributed by atoms with E-state index < -0.39 is 0 Å². The molecule has 1 aromatic heterocycles. The summed E-state index contributed by atoms with van der Waals surface area (Å²) in [6.07, 6.45) is 14.3. The number of hydrogen-bond acceptors (Lipinski definition) is 5. The zero-order valence-electron chi connectivity index (χ0n) is 17.3. The van der Waals surface area contributed by atoms with Gasteiger partial charge >= 0.3 is 0 Å². The van der Waals surface area contributed by atoms with Crippen LogP contribution in [0.4, 0.5) is 5.82 Å². The quantitative estimate of drug-likeness (QED) is 0.452. The third kappa shape index (κ3) is 5.34. The summed E-state index contributed by atoms with van der Waals surface area (Å²) >= 11 is 7.62. The van der Waals surface area contributed by atoms with Crippen molar-refractivity contribution in [3.63, 3.8) is 0 Å². The van der Waals surface area contributed by atoms with Gasteiger partial charge in [-0.15, -0.1) is 0 Å². The number of rotatable bonds is 9. The molecule has 6 heteroatoms. The Hall–Kier alpha value is -2.08. The Morgan fingerprint density at radius 3 is 2.60 bits per heavy atom. The Balaban J connectivity index is 1.18. The zero-order chi connectivity index (χ0) is 20.8. The van der Waals surface area contributed by atoms with Crippen molar-refractivity contribution >= 4 is 39.0 Å². The minimum absolute atomic E-state index is 0.751. The maximum Gasteiger partial charge on any atom is 0.147 e. The van der Waals surface area contributed by atoms with Gasteiger partial charge in [0, 0.05) is 29.9 Å². The van der Waals surface area contributed by atoms with E-state index in [4.69, 9.17) is 16.3 Å². The number of anilines is 1. The SMILES string of the molecule is COC1=CC=C(C2=CC=C(CNCCCNc3nsc4ccc(Cl)cc34)CC2)CC1. The summed E-state index contributed by atoms with van der Waals surface area (Å²) in [4.78, 5) is 0. The summed E-state index contributed by atoms with van der Waals surface area (Å²) in [6, 6.07) is 5.92. The predicted molar refractivity (Wildman–Crippen MR) is 128 cm³/mol. The van der Waals surface area contributed by atoms with E-state index in [2.05, 4.69) is 39.3 Å². The largest absolute Gasteiger partial charge is 0.501 e. The molecule has 2 aliphatic carbocycles. The van der Waals surface area contributed by atoms with Gasteiger partial charge in [0.15, 0.2) is 0 Å². The molecule has 30 heavy (non-hydrogen) atoms. The van der Waals surface area contributed by atoms with Gasteiger partial charge in [0.05, 0.1) is 17.6 Å². The van der Waals surface area contributed by atoms with Gasteiger partial charge in [-0.25, -0.2) is 0 Å². The van der Waals surface area contributed by atoms with Gasteiger partial charge in [0.1, 0.15) is 5.82 Å². The Morgan fingerprint density at radius 1 is 1.03 bits per heavy atom. The standard InChI is InChI=1S/C24H28ClN3OS/c1-29-21-10-7-19(8-11-21)18-5-3-17(4-6-18)16-26-13-2-14-27-24-22-15-20(25)9-12-23(22)30-28-24/h3,5,7,9-10,12,15,26H,2,4,6,8,11,13-14,16H2,1H3,(H,27,28). The van der Waals surface area contributed by atoms with Crippen LogP contribution in [-0.2, 0) is 4.74 Å². The van der Waals surface area contributed by atoms with Crippen LogP contribution in [0.5, 0.6) is 0 Å². The summed E-state index contributed by atoms with van der Waals surface area (Å²) in [6.45, 7) is 2.85. The highest BCUT2D eigenvalue weighted by atomic mass is 35.5. The van der Waals surface area contributed by atoms with Crippen LogP contribution in [0, 0.1) is 0 Å². The molecule has 1 heterocycles. The monoisotopic (exact) mass is 441 g/mol. The highest BCUT2D eigenvalue weighted by Crippen LogP contribution is 2.31. The number of methoxy groups -OCH3 is 1. The summed E-state index contributed by atoms with van der Waals surface area (Å²) in [5, 5.41) is 8.87. The molecule has 0 radical (unpaired) electrons. The average Bonchev–Trinajstić information content (AvgIpc) is 3.18. The average molecular weight is 442 g/mol. The summed E-state index contributed by atoms with van der Waals surface area (Å²) in [7, 11) is 1.75. The minimum Gasteiger partial charge on any atom is -0.501 e. The van der Waals surface area contributed by atoms with Crippen molar-refractivity contribution in [2.24, 2.45) is 0 Å². The summed E-state index contributed by atoms with van der Waals surface area (Å²) in [5.74, 6) is 2.02. The van der Waals surface area contributed by atoms with E-state index in [1.165, 1.54) is 28.3 Å². The summed E-state index contributed by atoms with van der Waals surface area (Å²) in [5.41, 5.74) is 4.42.